The molecule has 0 aliphatic heterocycles. The number of benzene rings is 4. The molecule has 1 aliphatic carbocycles. The van der Waals surface area contributed by atoms with Crippen LogP contribution >= 0.6 is 0 Å². The number of nitrogens with two attached hydrogens (primary N) is 2. The summed E-state index contributed by atoms with van der Waals surface area (Å²) >= 11 is 0. The third kappa shape index (κ3) is 3.67. The Hall–Kier alpha value is -3.52. The molecular formula is C30H30N2. The first kappa shape index (κ1) is 20.4. The number of hydrogen-bond donors (Lipinski definition) is 2. The zero-order valence-corrected chi connectivity index (χ0v) is 18.9. The first-order chi connectivity index (χ1) is 15.5. The molecule has 1 aliphatic rings. The fourth-order valence-corrected chi connectivity index (χ4v) is 5.01. The minimum atomic E-state index is 0.841. The van der Waals surface area contributed by atoms with Crippen LogP contribution in [-0.2, 0) is 25.7 Å². The summed E-state index contributed by atoms with van der Waals surface area (Å²) in [7, 11) is 0. The van der Waals surface area contributed by atoms with Gasteiger partial charge in [-0.15, -0.1) is 0 Å². The third-order valence-electron chi connectivity index (χ3n) is 7.21. The molecule has 8 bridgehead atoms. The van der Waals surface area contributed by atoms with Crippen molar-refractivity contribution in [3.8, 4) is 0 Å². The smallest absolute Gasteiger partial charge is 0.0385 e. The highest BCUT2D eigenvalue weighted by Crippen LogP contribution is 2.30. The molecule has 0 radical (unpaired) electrons. The summed E-state index contributed by atoms with van der Waals surface area (Å²) in [6, 6.07) is 26.2. The van der Waals surface area contributed by atoms with Gasteiger partial charge in [0.05, 0.1) is 0 Å². The SMILES string of the molecule is Cc1c2cccc1Cc1cccc(c1N)Cc1cccc(c1C)Cc1cccc(c1N)C2. The topological polar surface area (TPSA) is 52.0 Å². The number of fused-ring (bicyclic) bond motifs is 8. The van der Waals surface area contributed by atoms with Crippen molar-refractivity contribution in [3.63, 3.8) is 0 Å². The molecular weight excluding hydrogens is 388 g/mol. The number of para-hydroxylation sites is 2. The molecule has 4 N–H and O–H groups in total. The molecule has 0 aromatic heterocycles. The van der Waals surface area contributed by atoms with E-state index in [-0.39, 0.29) is 0 Å². The normalized spacial score (nSPS) is 13.1. The molecule has 2 nitrogen and oxygen atoms in total. The lowest BCUT2D eigenvalue weighted by atomic mass is 9.88. The van der Waals surface area contributed by atoms with Crippen molar-refractivity contribution in [2.24, 2.45) is 0 Å². The fraction of sp³-hybridized carbons (Fsp3) is 0.200. The van der Waals surface area contributed by atoms with E-state index in [1.807, 2.05) is 0 Å². The Bertz CT molecular complexity index is 1030. The second-order valence-corrected chi connectivity index (χ2v) is 9.09. The van der Waals surface area contributed by atoms with Gasteiger partial charge in [-0.3, -0.25) is 0 Å². The monoisotopic (exact) mass is 418 g/mol. The first-order valence-electron chi connectivity index (χ1n) is 11.4. The maximum atomic E-state index is 6.71. The Labute approximate surface area is 190 Å². The predicted octanol–water partition coefficient (Wildman–Crippen LogP) is 6.14. The van der Waals surface area contributed by atoms with E-state index in [4.69, 9.17) is 11.5 Å². The molecule has 0 spiro atoms. The van der Waals surface area contributed by atoms with E-state index < -0.39 is 0 Å². The van der Waals surface area contributed by atoms with Crippen LogP contribution in [0.4, 0.5) is 11.4 Å². The van der Waals surface area contributed by atoms with Crippen molar-refractivity contribution in [2.45, 2.75) is 39.5 Å². The Morgan fingerprint density at radius 1 is 0.406 bits per heavy atom. The van der Waals surface area contributed by atoms with E-state index in [0.717, 1.165) is 37.1 Å². The van der Waals surface area contributed by atoms with Gasteiger partial charge in [0.15, 0.2) is 0 Å². The molecule has 0 atom stereocenters. The molecule has 160 valence electrons. The van der Waals surface area contributed by atoms with Crippen molar-refractivity contribution in [1.82, 2.24) is 0 Å². The van der Waals surface area contributed by atoms with E-state index in [9.17, 15) is 0 Å². The van der Waals surface area contributed by atoms with Crippen molar-refractivity contribution in [2.75, 3.05) is 11.5 Å². The minimum Gasteiger partial charge on any atom is -0.398 e. The summed E-state index contributed by atoms with van der Waals surface area (Å²) in [6.07, 6.45) is 3.36. The molecule has 2 heteroatoms. The van der Waals surface area contributed by atoms with Crippen LogP contribution in [-0.4, -0.2) is 0 Å². The molecule has 4 aromatic carbocycles. The van der Waals surface area contributed by atoms with E-state index in [1.165, 1.54) is 55.6 Å². The average Bonchev–Trinajstić information content (AvgIpc) is 2.78. The lowest BCUT2D eigenvalue weighted by Gasteiger charge is -2.19. The average molecular weight is 419 g/mol. The van der Waals surface area contributed by atoms with Crippen molar-refractivity contribution >= 4 is 11.4 Å². The number of nitrogen functional groups attached to an aromatic ring is 2. The summed E-state index contributed by atoms with van der Waals surface area (Å²) in [4.78, 5) is 0. The molecule has 0 amide bonds. The number of hydrogen-bond acceptors (Lipinski definition) is 2. The van der Waals surface area contributed by atoms with Gasteiger partial charge >= 0.3 is 0 Å². The van der Waals surface area contributed by atoms with Gasteiger partial charge in [-0.2, -0.15) is 0 Å². The Morgan fingerprint density at radius 3 is 0.875 bits per heavy atom. The molecule has 32 heavy (non-hydrogen) atoms. The van der Waals surface area contributed by atoms with Crippen LogP contribution in [0.25, 0.3) is 0 Å². The Morgan fingerprint density at radius 2 is 0.625 bits per heavy atom. The summed E-state index contributed by atoms with van der Waals surface area (Å²) in [5.74, 6) is 0. The maximum Gasteiger partial charge on any atom is 0.0385 e. The minimum absolute atomic E-state index is 0.841. The third-order valence-corrected chi connectivity index (χ3v) is 7.21. The van der Waals surface area contributed by atoms with Crippen molar-refractivity contribution < 1.29 is 0 Å². The molecule has 4 aromatic rings. The molecule has 0 unspecified atom stereocenters. The van der Waals surface area contributed by atoms with Crippen LogP contribution in [0.5, 0.6) is 0 Å². The lowest BCUT2D eigenvalue weighted by molar-refractivity contribution is 1.06. The second kappa shape index (κ2) is 8.20. The van der Waals surface area contributed by atoms with E-state index >= 15 is 0 Å². The van der Waals surface area contributed by atoms with Crippen molar-refractivity contribution in [1.29, 1.82) is 0 Å². The van der Waals surface area contributed by atoms with Gasteiger partial charge in [0.25, 0.3) is 0 Å². The largest absolute Gasteiger partial charge is 0.398 e. The van der Waals surface area contributed by atoms with E-state index in [0.29, 0.717) is 0 Å². The van der Waals surface area contributed by atoms with Crippen LogP contribution in [0, 0.1) is 13.8 Å². The first-order valence-corrected chi connectivity index (χ1v) is 11.4. The van der Waals surface area contributed by atoms with Crippen LogP contribution < -0.4 is 11.5 Å². The summed E-state index contributed by atoms with van der Waals surface area (Å²) in [5.41, 5.74) is 28.0. The highest BCUT2D eigenvalue weighted by atomic mass is 14.6. The van der Waals surface area contributed by atoms with Gasteiger partial charge in [-0.25, -0.2) is 0 Å². The highest BCUT2D eigenvalue weighted by Gasteiger charge is 2.15. The standard InChI is InChI=1S/C30H30N2/c1-19-21-7-3-8-22(19)16-26-12-6-14-28(30(26)32)18-24-10-4-9-23(20(24)2)17-27-13-5-11-25(15-21)29(27)31/h3-14H,15-18,31-32H2,1-2H3. The van der Waals surface area contributed by atoms with Crippen LogP contribution in [0.1, 0.15) is 55.6 Å². The fourth-order valence-electron chi connectivity index (χ4n) is 5.01. The van der Waals surface area contributed by atoms with Gasteiger partial charge < -0.3 is 11.5 Å². The molecule has 0 saturated carbocycles. The van der Waals surface area contributed by atoms with E-state index in [1.54, 1.807) is 0 Å². The zero-order chi connectivity index (χ0) is 22.2. The summed E-state index contributed by atoms with van der Waals surface area (Å²) in [5, 5.41) is 0. The van der Waals surface area contributed by atoms with Crippen LogP contribution in [0.2, 0.25) is 0 Å². The number of anilines is 2. The quantitative estimate of drug-likeness (QED) is 0.297. The summed E-state index contributed by atoms with van der Waals surface area (Å²) in [6.45, 7) is 4.45. The maximum absolute atomic E-state index is 6.71. The second-order valence-electron chi connectivity index (χ2n) is 9.09. The molecule has 5 rings (SSSR count). The summed E-state index contributed by atoms with van der Waals surface area (Å²) < 4.78 is 0. The van der Waals surface area contributed by atoms with Gasteiger partial charge in [-0.1, -0.05) is 72.8 Å². The van der Waals surface area contributed by atoms with Gasteiger partial charge in [0.1, 0.15) is 0 Å². The molecule has 0 saturated heterocycles. The number of rotatable bonds is 0. The van der Waals surface area contributed by atoms with Gasteiger partial charge in [0.2, 0.25) is 0 Å². The Balaban J connectivity index is 1.71. The molecule has 0 heterocycles. The van der Waals surface area contributed by atoms with Crippen LogP contribution in [0.3, 0.4) is 0 Å². The van der Waals surface area contributed by atoms with E-state index in [2.05, 4.69) is 86.6 Å². The Kier molecular flexibility index (Phi) is 5.22. The zero-order valence-electron chi connectivity index (χ0n) is 18.9. The van der Waals surface area contributed by atoms with Gasteiger partial charge in [-0.05, 0) is 95.2 Å². The van der Waals surface area contributed by atoms with Crippen molar-refractivity contribution in [3.05, 3.63) is 128 Å². The highest BCUT2D eigenvalue weighted by molar-refractivity contribution is 5.60. The van der Waals surface area contributed by atoms with Gasteiger partial charge in [0, 0.05) is 11.4 Å². The predicted molar refractivity (Wildman–Crippen MR) is 135 cm³/mol. The molecule has 0 fully saturated rings. The lowest BCUT2D eigenvalue weighted by Crippen LogP contribution is -2.07. The van der Waals surface area contributed by atoms with Crippen LogP contribution in [0.15, 0.2) is 72.8 Å².